The highest BCUT2D eigenvalue weighted by molar-refractivity contribution is 5.25. The van der Waals surface area contributed by atoms with E-state index in [9.17, 15) is 18.3 Å². The predicted octanol–water partition coefficient (Wildman–Crippen LogP) is 2.48. The van der Waals surface area contributed by atoms with Crippen molar-refractivity contribution < 1.29 is 27.8 Å². The first-order valence-corrected chi connectivity index (χ1v) is 5.72. The lowest BCUT2D eigenvalue weighted by atomic mass is 10.2. The van der Waals surface area contributed by atoms with Crippen LogP contribution in [0.15, 0.2) is 18.5 Å². The lowest BCUT2D eigenvalue weighted by molar-refractivity contribution is -0.179. The van der Waals surface area contributed by atoms with Gasteiger partial charge in [-0.25, -0.2) is 0 Å². The van der Waals surface area contributed by atoms with Crippen molar-refractivity contribution in [3.63, 3.8) is 0 Å². The molecule has 19 heavy (non-hydrogen) atoms. The highest BCUT2D eigenvalue weighted by Crippen LogP contribution is 2.20. The lowest BCUT2D eigenvalue weighted by Gasteiger charge is -2.14. The van der Waals surface area contributed by atoms with Gasteiger partial charge in [0.2, 0.25) is 0 Å². The number of halogens is 3. The number of alkyl halides is 3. The van der Waals surface area contributed by atoms with E-state index >= 15 is 0 Å². The van der Waals surface area contributed by atoms with Gasteiger partial charge in [0.15, 0.2) is 0 Å². The number of nitrogens with zero attached hydrogens (tertiary/aromatic N) is 1. The number of hydrogen-bond donors (Lipinski definition) is 1. The van der Waals surface area contributed by atoms with Crippen LogP contribution in [0.25, 0.3) is 0 Å². The summed E-state index contributed by atoms with van der Waals surface area (Å²) >= 11 is 0. The van der Waals surface area contributed by atoms with E-state index < -0.39 is 25.5 Å². The normalized spacial score (nSPS) is 13.6. The zero-order valence-corrected chi connectivity index (χ0v) is 10.6. The Morgan fingerprint density at radius 1 is 1.32 bits per heavy atom. The average Bonchev–Trinajstić information content (AvgIpc) is 2.26. The molecule has 1 rings (SSSR count). The van der Waals surface area contributed by atoms with E-state index in [2.05, 4.69) is 9.72 Å². The lowest BCUT2D eigenvalue weighted by Crippen LogP contribution is -2.19. The van der Waals surface area contributed by atoms with Crippen LogP contribution in [0.5, 0.6) is 5.75 Å². The number of rotatable bonds is 6. The largest absolute Gasteiger partial charge is 0.489 e. The minimum atomic E-state index is -4.40. The fraction of sp³-hybridized carbons (Fsp3) is 0.583. The molecule has 1 aromatic heterocycles. The van der Waals surface area contributed by atoms with E-state index in [4.69, 9.17) is 4.74 Å². The maximum Gasteiger partial charge on any atom is 0.411 e. The first-order chi connectivity index (χ1) is 8.78. The molecule has 0 aliphatic heterocycles. The maximum atomic E-state index is 11.9. The van der Waals surface area contributed by atoms with Gasteiger partial charge in [0.25, 0.3) is 0 Å². The van der Waals surface area contributed by atoms with Crippen LogP contribution in [-0.2, 0) is 4.74 Å². The van der Waals surface area contributed by atoms with Crippen LogP contribution in [0.2, 0.25) is 0 Å². The summed E-state index contributed by atoms with van der Waals surface area (Å²) in [7, 11) is 0. The second-order valence-electron chi connectivity index (χ2n) is 4.27. The topological polar surface area (TPSA) is 51.6 Å². The summed E-state index contributed by atoms with van der Waals surface area (Å²) in [6.45, 7) is 1.82. The second kappa shape index (κ2) is 6.72. The summed E-state index contributed by atoms with van der Waals surface area (Å²) in [6, 6.07) is 1.52. The zero-order valence-electron chi connectivity index (χ0n) is 10.6. The molecule has 7 heteroatoms. The molecule has 0 bridgehead atoms. The molecule has 108 valence electrons. The maximum absolute atomic E-state index is 11.9. The van der Waals surface area contributed by atoms with Crippen molar-refractivity contribution in [2.24, 2.45) is 0 Å². The number of pyridine rings is 1. The van der Waals surface area contributed by atoms with Crippen LogP contribution in [0, 0.1) is 0 Å². The van der Waals surface area contributed by atoms with Crippen LogP contribution < -0.4 is 4.74 Å². The molecule has 1 unspecified atom stereocenters. The number of ether oxygens (including phenoxy) is 2. The molecule has 0 aliphatic rings. The molecule has 0 radical (unpaired) electrons. The fourth-order valence-corrected chi connectivity index (χ4v) is 1.34. The third kappa shape index (κ3) is 6.40. The minimum absolute atomic E-state index is 0.0596. The van der Waals surface area contributed by atoms with Crippen molar-refractivity contribution in [2.45, 2.75) is 32.2 Å². The van der Waals surface area contributed by atoms with E-state index in [0.29, 0.717) is 11.3 Å². The van der Waals surface area contributed by atoms with Gasteiger partial charge in [0.05, 0.1) is 18.9 Å². The van der Waals surface area contributed by atoms with Crippen molar-refractivity contribution in [3.8, 4) is 5.75 Å². The highest BCUT2D eigenvalue weighted by Gasteiger charge is 2.27. The second-order valence-corrected chi connectivity index (χ2v) is 4.27. The van der Waals surface area contributed by atoms with Crippen molar-refractivity contribution in [1.82, 2.24) is 4.98 Å². The number of hydrogen-bond acceptors (Lipinski definition) is 4. The molecule has 0 amide bonds. The molecule has 0 fully saturated rings. The number of aliphatic hydroxyl groups excluding tert-OH is 1. The summed E-state index contributed by atoms with van der Waals surface area (Å²) in [6.07, 6.45) is -2.82. The van der Waals surface area contributed by atoms with Gasteiger partial charge in [0, 0.05) is 11.8 Å². The smallest absolute Gasteiger partial charge is 0.411 e. The molecule has 0 spiro atoms. The molecule has 1 atom stereocenters. The Labute approximate surface area is 109 Å². The van der Waals surface area contributed by atoms with Crippen LogP contribution in [0.3, 0.4) is 0 Å². The number of aliphatic hydroxyl groups is 1. The molecular weight excluding hydrogens is 263 g/mol. The van der Waals surface area contributed by atoms with Gasteiger partial charge in [-0.1, -0.05) is 0 Å². The van der Waals surface area contributed by atoms with E-state index in [1.807, 2.05) is 13.8 Å². The molecule has 0 aliphatic carbocycles. The fourth-order valence-electron chi connectivity index (χ4n) is 1.34. The molecule has 1 aromatic rings. The Morgan fingerprint density at radius 2 is 2.00 bits per heavy atom. The Bertz CT molecular complexity index is 396. The molecule has 1 heterocycles. The van der Waals surface area contributed by atoms with Crippen molar-refractivity contribution in [3.05, 3.63) is 24.0 Å². The third-order valence-corrected chi connectivity index (χ3v) is 2.03. The summed E-state index contributed by atoms with van der Waals surface area (Å²) in [4.78, 5) is 3.85. The molecule has 0 saturated carbocycles. The number of aromatic nitrogens is 1. The van der Waals surface area contributed by atoms with E-state index in [0.717, 1.165) is 0 Å². The summed E-state index contributed by atoms with van der Waals surface area (Å²) in [5.74, 6) is 0.447. The Kier molecular flexibility index (Phi) is 5.56. The summed E-state index contributed by atoms with van der Waals surface area (Å²) in [5, 5.41) is 9.69. The van der Waals surface area contributed by atoms with Gasteiger partial charge in [-0.2, -0.15) is 13.2 Å². The summed E-state index contributed by atoms with van der Waals surface area (Å²) in [5.41, 5.74) is 0.348. The minimum Gasteiger partial charge on any atom is -0.489 e. The molecule has 0 saturated heterocycles. The zero-order chi connectivity index (χ0) is 14.5. The van der Waals surface area contributed by atoms with E-state index in [1.165, 1.54) is 18.5 Å². The Morgan fingerprint density at radius 3 is 2.58 bits per heavy atom. The van der Waals surface area contributed by atoms with Crippen molar-refractivity contribution in [1.29, 1.82) is 0 Å². The van der Waals surface area contributed by atoms with Gasteiger partial charge in [-0.05, 0) is 19.9 Å². The van der Waals surface area contributed by atoms with Gasteiger partial charge in [-0.15, -0.1) is 0 Å². The third-order valence-electron chi connectivity index (χ3n) is 2.03. The Balaban J connectivity index is 2.54. The van der Waals surface area contributed by atoms with Gasteiger partial charge < -0.3 is 14.6 Å². The first kappa shape index (κ1) is 15.7. The van der Waals surface area contributed by atoms with Gasteiger partial charge in [-0.3, -0.25) is 4.98 Å². The van der Waals surface area contributed by atoms with Crippen LogP contribution in [-0.4, -0.2) is 35.6 Å². The average molecular weight is 279 g/mol. The SMILES string of the molecule is CC(C)Oc1cncc(C(O)COCC(F)(F)F)c1. The summed E-state index contributed by atoms with van der Waals surface area (Å²) < 4.78 is 45.4. The van der Waals surface area contributed by atoms with E-state index in [-0.39, 0.29) is 6.10 Å². The standard InChI is InChI=1S/C12H16F3NO3/c1-8(2)19-10-3-9(4-16-5-10)11(17)6-18-7-12(13,14)15/h3-5,8,11,17H,6-7H2,1-2H3. The predicted molar refractivity (Wildman–Crippen MR) is 61.8 cm³/mol. The van der Waals surface area contributed by atoms with Gasteiger partial charge in [0.1, 0.15) is 18.5 Å². The molecular formula is C12H16F3NO3. The molecule has 4 nitrogen and oxygen atoms in total. The molecule has 0 aromatic carbocycles. The van der Waals surface area contributed by atoms with Crippen molar-refractivity contribution in [2.75, 3.05) is 13.2 Å². The van der Waals surface area contributed by atoms with Crippen LogP contribution in [0.4, 0.5) is 13.2 Å². The van der Waals surface area contributed by atoms with Crippen LogP contribution in [0.1, 0.15) is 25.5 Å². The van der Waals surface area contributed by atoms with E-state index in [1.54, 1.807) is 0 Å². The monoisotopic (exact) mass is 279 g/mol. The highest BCUT2D eigenvalue weighted by atomic mass is 19.4. The van der Waals surface area contributed by atoms with Crippen LogP contribution >= 0.6 is 0 Å². The quantitative estimate of drug-likeness (QED) is 0.869. The molecule has 1 N–H and O–H groups in total. The Hall–Kier alpha value is -1.34. The first-order valence-electron chi connectivity index (χ1n) is 5.72. The van der Waals surface area contributed by atoms with Gasteiger partial charge >= 0.3 is 6.18 Å². The van der Waals surface area contributed by atoms with Crippen molar-refractivity contribution >= 4 is 0 Å².